The topological polar surface area (TPSA) is 58.6 Å². The van der Waals surface area contributed by atoms with E-state index >= 15 is 0 Å². The van der Waals surface area contributed by atoms with Crippen molar-refractivity contribution in [2.75, 3.05) is 32.8 Å². The molecular formula is C23H26N2O3S. The smallest absolute Gasteiger partial charge is 0.241 e. The summed E-state index contributed by atoms with van der Waals surface area (Å²) in [5.41, 5.74) is 2.30. The molecule has 0 unspecified atom stereocenters. The van der Waals surface area contributed by atoms with E-state index in [0.717, 1.165) is 29.4 Å². The number of fused-ring (bicyclic) bond motifs is 1. The quantitative estimate of drug-likeness (QED) is 0.676. The van der Waals surface area contributed by atoms with Crippen molar-refractivity contribution in [3.05, 3.63) is 77.9 Å². The van der Waals surface area contributed by atoms with Gasteiger partial charge in [0.15, 0.2) is 0 Å². The molecule has 5 nitrogen and oxygen atoms in total. The molecule has 3 aromatic carbocycles. The van der Waals surface area contributed by atoms with E-state index in [2.05, 4.69) is 40.8 Å². The Morgan fingerprint density at radius 1 is 0.966 bits per heavy atom. The van der Waals surface area contributed by atoms with Gasteiger partial charge in [-0.1, -0.05) is 66.2 Å². The van der Waals surface area contributed by atoms with Crippen molar-refractivity contribution >= 4 is 20.8 Å². The van der Waals surface area contributed by atoms with Crippen LogP contribution < -0.4 is 4.72 Å². The van der Waals surface area contributed by atoms with Crippen LogP contribution in [0.1, 0.15) is 17.2 Å². The van der Waals surface area contributed by atoms with E-state index in [-0.39, 0.29) is 6.04 Å². The molecular weight excluding hydrogens is 384 g/mol. The van der Waals surface area contributed by atoms with E-state index in [4.69, 9.17) is 4.74 Å². The Morgan fingerprint density at radius 2 is 1.66 bits per heavy atom. The molecule has 29 heavy (non-hydrogen) atoms. The molecule has 0 spiro atoms. The average molecular weight is 411 g/mol. The zero-order chi connectivity index (χ0) is 20.3. The normalized spacial score (nSPS) is 16.7. The molecule has 1 fully saturated rings. The summed E-state index contributed by atoms with van der Waals surface area (Å²) in [6, 6.07) is 21.2. The molecule has 0 amide bonds. The van der Waals surface area contributed by atoms with Gasteiger partial charge >= 0.3 is 0 Å². The number of aryl methyl sites for hydroxylation is 1. The molecule has 0 aromatic heterocycles. The SMILES string of the molecule is Cc1ccc([C@H](CNS(=O)(=O)c2cccc3ccccc23)N2CCOCC2)cc1. The molecule has 0 bridgehead atoms. The number of benzene rings is 3. The van der Waals surface area contributed by atoms with Gasteiger partial charge in [0.2, 0.25) is 10.0 Å². The first-order chi connectivity index (χ1) is 14.0. The first kappa shape index (κ1) is 20.0. The summed E-state index contributed by atoms with van der Waals surface area (Å²) < 4.78 is 34.7. The Labute approximate surface area is 172 Å². The van der Waals surface area contributed by atoms with E-state index in [0.29, 0.717) is 24.7 Å². The van der Waals surface area contributed by atoms with Crippen molar-refractivity contribution in [3.63, 3.8) is 0 Å². The summed E-state index contributed by atoms with van der Waals surface area (Å²) in [6.45, 7) is 5.27. The highest BCUT2D eigenvalue weighted by Crippen LogP contribution is 2.25. The van der Waals surface area contributed by atoms with Crippen LogP contribution in [0.25, 0.3) is 10.8 Å². The molecule has 1 saturated heterocycles. The van der Waals surface area contributed by atoms with E-state index in [1.165, 1.54) is 5.56 Å². The van der Waals surface area contributed by atoms with E-state index < -0.39 is 10.0 Å². The first-order valence-corrected chi connectivity index (χ1v) is 11.4. The fourth-order valence-electron chi connectivity index (χ4n) is 3.83. The Balaban J connectivity index is 1.61. The van der Waals surface area contributed by atoms with Crippen molar-refractivity contribution < 1.29 is 13.2 Å². The summed E-state index contributed by atoms with van der Waals surface area (Å²) in [4.78, 5) is 2.61. The van der Waals surface area contributed by atoms with Gasteiger partial charge in [0, 0.05) is 31.1 Å². The lowest BCUT2D eigenvalue weighted by molar-refractivity contribution is 0.0172. The number of nitrogens with one attached hydrogen (secondary N) is 1. The van der Waals surface area contributed by atoms with Crippen LogP contribution in [0.15, 0.2) is 71.6 Å². The van der Waals surface area contributed by atoms with Gasteiger partial charge in [0.25, 0.3) is 0 Å². The summed E-state index contributed by atoms with van der Waals surface area (Å²) in [5, 5.41) is 1.65. The van der Waals surface area contributed by atoms with Crippen LogP contribution in [-0.4, -0.2) is 46.2 Å². The minimum absolute atomic E-state index is 0.0377. The minimum Gasteiger partial charge on any atom is -0.379 e. The Bertz CT molecular complexity index is 1070. The summed E-state index contributed by atoms with van der Waals surface area (Å²) in [5.74, 6) is 0. The van der Waals surface area contributed by atoms with Gasteiger partial charge in [-0.3, -0.25) is 4.90 Å². The second-order valence-corrected chi connectivity index (χ2v) is 9.14. The van der Waals surface area contributed by atoms with Crippen LogP contribution in [0.2, 0.25) is 0 Å². The standard InChI is InChI=1S/C23H26N2O3S/c1-18-9-11-20(12-10-18)22(25-13-15-28-16-14-25)17-24-29(26,27)23-8-4-6-19-5-2-3-7-21(19)23/h2-12,22,24H,13-17H2,1H3/t22-/m0/s1. The van der Waals surface area contributed by atoms with Gasteiger partial charge in [-0.15, -0.1) is 0 Å². The highest BCUT2D eigenvalue weighted by atomic mass is 32.2. The van der Waals surface area contributed by atoms with E-state index in [1.54, 1.807) is 12.1 Å². The van der Waals surface area contributed by atoms with Gasteiger partial charge in [-0.25, -0.2) is 13.1 Å². The van der Waals surface area contributed by atoms with Crippen molar-refractivity contribution in [2.24, 2.45) is 0 Å². The third-order valence-corrected chi connectivity index (χ3v) is 6.94. The zero-order valence-corrected chi connectivity index (χ0v) is 17.4. The van der Waals surface area contributed by atoms with Crippen LogP contribution in [0.3, 0.4) is 0 Å². The van der Waals surface area contributed by atoms with Crippen molar-refractivity contribution in [2.45, 2.75) is 17.9 Å². The van der Waals surface area contributed by atoms with Gasteiger partial charge in [0.05, 0.1) is 18.1 Å². The first-order valence-electron chi connectivity index (χ1n) is 9.90. The van der Waals surface area contributed by atoms with Gasteiger partial charge in [-0.05, 0) is 23.9 Å². The van der Waals surface area contributed by atoms with E-state index in [9.17, 15) is 8.42 Å². The third kappa shape index (κ3) is 4.51. The molecule has 4 rings (SSSR count). The Morgan fingerprint density at radius 3 is 2.41 bits per heavy atom. The largest absolute Gasteiger partial charge is 0.379 e. The highest BCUT2D eigenvalue weighted by Gasteiger charge is 2.25. The second kappa shape index (κ2) is 8.63. The summed E-state index contributed by atoms with van der Waals surface area (Å²) >= 11 is 0. The zero-order valence-electron chi connectivity index (χ0n) is 16.5. The molecule has 0 saturated carbocycles. The van der Waals surface area contributed by atoms with Gasteiger partial charge in [0.1, 0.15) is 0 Å². The maximum Gasteiger partial charge on any atom is 0.241 e. The van der Waals surface area contributed by atoms with Crippen LogP contribution in [0, 0.1) is 6.92 Å². The van der Waals surface area contributed by atoms with Gasteiger partial charge in [-0.2, -0.15) is 0 Å². The molecule has 1 N–H and O–H groups in total. The Kier molecular flexibility index (Phi) is 5.96. The lowest BCUT2D eigenvalue weighted by Gasteiger charge is -2.35. The predicted molar refractivity (Wildman–Crippen MR) is 115 cm³/mol. The molecule has 1 aliphatic heterocycles. The monoisotopic (exact) mass is 410 g/mol. The van der Waals surface area contributed by atoms with Crippen LogP contribution in [0.5, 0.6) is 0 Å². The number of rotatable bonds is 6. The Hall–Kier alpha value is -2.25. The van der Waals surface area contributed by atoms with Crippen LogP contribution >= 0.6 is 0 Å². The molecule has 1 heterocycles. The number of morpholine rings is 1. The maximum absolute atomic E-state index is 13.2. The third-order valence-electron chi connectivity index (χ3n) is 5.45. The fraction of sp³-hybridized carbons (Fsp3) is 0.304. The number of ether oxygens (including phenoxy) is 1. The lowest BCUT2D eigenvalue weighted by atomic mass is 10.0. The molecule has 6 heteroatoms. The summed E-state index contributed by atoms with van der Waals surface area (Å²) in [7, 11) is -3.64. The molecule has 3 aromatic rings. The van der Waals surface area contributed by atoms with Crippen LogP contribution in [0.4, 0.5) is 0 Å². The maximum atomic E-state index is 13.2. The number of hydrogen-bond acceptors (Lipinski definition) is 4. The molecule has 1 aliphatic rings. The minimum atomic E-state index is -3.64. The van der Waals surface area contributed by atoms with Crippen molar-refractivity contribution in [3.8, 4) is 0 Å². The van der Waals surface area contributed by atoms with E-state index in [1.807, 2.05) is 30.3 Å². The summed E-state index contributed by atoms with van der Waals surface area (Å²) in [6.07, 6.45) is 0. The highest BCUT2D eigenvalue weighted by molar-refractivity contribution is 7.89. The molecule has 0 aliphatic carbocycles. The second-order valence-electron chi connectivity index (χ2n) is 7.40. The van der Waals surface area contributed by atoms with Crippen molar-refractivity contribution in [1.29, 1.82) is 0 Å². The van der Waals surface area contributed by atoms with Crippen molar-refractivity contribution in [1.82, 2.24) is 9.62 Å². The number of nitrogens with zero attached hydrogens (tertiary/aromatic N) is 1. The lowest BCUT2D eigenvalue weighted by Crippen LogP contribution is -2.43. The fourth-order valence-corrected chi connectivity index (χ4v) is 5.10. The van der Waals surface area contributed by atoms with Gasteiger partial charge < -0.3 is 4.74 Å². The van der Waals surface area contributed by atoms with Crippen LogP contribution in [-0.2, 0) is 14.8 Å². The molecule has 152 valence electrons. The molecule has 1 atom stereocenters. The predicted octanol–water partition coefficient (Wildman–Crippen LogP) is 3.50. The molecule has 0 radical (unpaired) electrons. The number of hydrogen-bond donors (Lipinski definition) is 1. The number of sulfonamides is 1. The average Bonchev–Trinajstić information content (AvgIpc) is 2.75.